The van der Waals surface area contributed by atoms with Gasteiger partial charge in [0.15, 0.2) is 0 Å². The number of aromatic amines is 1. The lowest BCUT2D eigenvalue weighted by Crippen LogP contribution is -2.49. The number of nitrogens with zero attached hydrogens (tertiary/aromatic N) is 2. The van der Waals surface area contributed by atoms with Gasteiger partial charge in [0.1, 0.15) is 11.9 Å². The molecule has 0 saturated carbocycles. The number of rotatable bonds is 4. The summed E-state index contributed by atoms with van der Waals surface area (Å²) in [4.78, 5) is 34.8. The number of benzene rings is 1. The van der Waals surface area contributed by atoms with Crippen LogP contribution in [0, 0.1) is 5.41 Å². The van der Waals surface area contributed by atoms with Gasteiger partial charge in [-0.05, 0) is 25.3 Å². The van der Waals surface area contributed by atoms with Crippen molar-refractivity contribution in [1.29, 1.82) is 0 Å². The second-order valence-electron chi connectivity index (χ2n) is 8.18. The SMILES string of the molecule is CC(NC(=O)C1CCCN1C(=O)C(C)(C)C)c1ncc(-c2ccccc2)[nH]1. The zero-order valence-corrected chi connectivity index (χ0v) is 16.5. The third-order valence-corrected chi connectivity index (χ3v) is 4.91. The Hall–Kier alpha value is -2.63. The normalized spacial score (nSPS) is 18.4. The van der Waals surface area contributed by atoms with Gasteiger partial charge < -0.3 is 15.2 Å². The lowest BCUT2D eigenvalue weighted by atomic mass is 9.94. The largest absolute Gasteiger partial charge is 0.345 e. The fraction of sp³-hybridized carbons (Fsp3) is 0.476. The van der Waals surface area contributed by atoms with Crippen LogP contribution in [0.5, 0.6) is 0 Å². The second kappa shape index (κ2) is 7.55. The number of aromatic nitrogens is 2. The molecule has 2 heterocycles. The molecule has 144 valence electrons. The number of hydrogen-bond acceptors (Lipinski definition) is 3. The van der Waals surface area contributed by atoms with Crippen LogP contribution in [0.25, 0.3) is 11.3 Å². The van der Waals surface area contributed by atoms with Gasteiger partial charge in [-0.2, -0.15) is 0 Å². The number of carbonyl (C=O) groups excluding carboxylic acids is 2. The molecule has 6 heteroatoms. The summed E-state index contributed by atoms with van der Waals surface area (Å²) in [6.45, 7) is 8.20. The average Bonchev–Trinajstić information content (AvgIpc) is 3.30. The molecule has 1 aromatic heterocycles. The van der Waals surface area contributed by atoms with Crippen LogP contribution in [0.1, 0.15) is 52.4 Å². The van der Waals surface area contributed by atoms with Crippen molar-refractivity contribution in [1.82, 2.24) is 20.2 Å². The van der Waals surface area contributed by atoms with Crippen molar-refractivity contribution in [3.05, 3.63) is 42.4 Å². The van der Waals surface area contributed by atoms with Crippen LogP contribution < -0.4 is 5.32 Å². The number of amides is 2. The molecule has 1 aliphatic heterocycles. The number of H-pyrrole nitrogens is 1. The van der Waals surface area contributed by atoms with E-state index < -0.39 is 11.5 Å². The van der Waals surface area contributed by atoms with Crippen LogP contribution >= 0.6 is 0 Å². The molecule has 0 bridgehead atoms. The Bertz CT molecular complexity index is 807. The van der Waals surface area contributed by atoms with Gasteiger partial charge in [0.05, 0.1) is 17.9 Å². The number of carbonyl (C=O) groups is 2. The van der Waals surface area contributed by atoms with Gasteiger partial charge in [0.25, 0.3) is 0 Å². The summed E-state index contributed by atoms with van der Waals surface area (Å²) in [5, 5.41) is 3.01. The van der Waals surface area contributed by atoms with E-state index in [9.17, 15) is 9.59 Å². The highest BCUT2D eigenvalue weighted by atomic mass is 16.2. The van der Waals surface area contributed by atoms with E-state index in [2.05, 4.69) is 15.3 Å². The maximum atomic E-state index is 12.8. The van der Waals surface area contributed by atoms with E-state index in [4.69, 9.17) is 0 Å². The molecule has 2 amide bonds. The quantitative estimate of drug-likeness (QED) is 0.869. The molecular formula is C21H28N4O2. The number of imidazole rings is 1. The van der Waals surface area contributed by atoms with Gasteiger partial charge in [-0.15, -0.1) is 0 Å². The van der Waals surface area contributed by atoms with Crippen LogP contribution in [0.3, 0.4) is 0 Å². The van der Waals surface area contributed by atoms with Crippen LogP contribution in [0.4, 0.5) is 0 Å². The topological polar surface area (TPSA) is 78.1 Å². The molecule has 6 nitrogen and oxygen atoms in total. The van der Waals surface area contributed by atoms with E-state index in [-0.39, 0.29) is 17.9 Å². The van der Waals surface area contributed by atoms with Crippen LogP contribution in [0.2, 0.25) is 0 Å². The molecule has 27 heavy (non-hydrogen) atoms. The zero-order chi connectivity index (χ0) is 19.6. The summed E-state index contributed by atoms with van der Waals surface area (Å²) < 4.78 is 0. The van der Waals surface area contributed by atoms with E-state index >= 15 is 0 Å². The molecule has 1 aliphatic rings. The Labute approximate surface area is 160 Å². The first kappa shape index (κ1) is 19.1. The Morgan fingerprint density at radius 3 is 2.63 bits per heavy atom. The van der Waals surface area contributed by atoms with E-state index in [1.807, 2.05) is 58.0 Å². The Balaban J connectivity index is 1.67. The van der Waals surface area contributed by atoms with E-state index in [1.54, 1.807) is 11.1 Å². The Morgan fingerprint density at radius 2 is 1.96 bits per heavy atom. The standard InChI is InChI=1S/C21H28N4O2/c1-14(18-22-13-16(24-18)15-9-6-5-7-10-15)23-19(26)17-11-8-12-25(17)20(27)21(2,3)4/h5-7,9-10,13-14,17H,8,11-12H2,1-4H3,(H,22,24)(H,23,26). The number of likely N-dealkylation sites (tertiary alicyclic amines) is 1. The van der Waals surface area contributed by atoms with Crippen molar-refractivity contribution in [3.8, 4) is 11.3 Å². The third kappa shape index (κ3) is 4.21. The predicted molar refractivity (Wildman–Crippen MR) is 105 cm³/mol. The average molecular weight is 368 g/mol. The number of nitrogens with one attached hydrogen (secondary N) is 2. The summed E-state index contributed by atoms with van der Waals surface area (Å²) in [5.41, 5.74) is 1.48. The van der Waals surface area contributed by atoms with Crippen molar-refractivity contribution in [2.24, 2.45) is 5.41 Å². The van der Waals surface area contributed by atoms with Gasteiger partial charge in [0, 0.05) is 12.0 Å². The number of hydrogen-bond donors (Lipinski definition) is 2. The molecule has 2 aromatic rings. The van der Waals surface area contributed by atoms with Crippen LogP contribution in [0.15, 0.2) is 36.5 Å². The van der Waals surface area contributed by atoms with Crippen molar-refractivity contribution < 1.29 is 9.59 Å². The highest BCUT2D eigenvalue weighted by Gasteiger charge is 2.38. The molecule has 0 spiro atoms. The lowest BCUT2D eigenvalue weighted by Gasteiger charge is -2.30. The van der Waals surface area contributed by atoms with E-state index in [1.165, 1.54) is 0 Å². The summed E-state index contributed by atoms with van der Waals surface area (Å²) in [7, 11) is 0. The molecule has 3 rings (SSSR count). The summed E-state index contributed by atoms with van der Waals surface area (Å²) in [6, 6.07) is 9.27. The molecule has 1 fully saturated rings. The summed E-state index contributed by atoms with van der Waals surface area (Å²) in [6.07, 6.45) is 3.33. The maximum Gasteiger partial charge on any atom is 0.243 e. The van der Waals surface area contributed by atoms with E-state index in [0.29, 0.717) is 18.8 Å². The first-order valence-electron chi connectivity index (χ1n) is 9.49. The minimum atomic E-state index is -0.486. The van der Waals surface area contributed by atoms with Crippen molar-refractivity contribution >= 4 is 11.8 Å². The van der Waals surface area contributed by atoms with Crippen LogP contribution in [-0.2, 0) is 9.59 Å². The van der Waals surface area contributed by atoms with Crippen molar-refractivity contribution in [3.63, 3.8) is 0 Å². The van der Waals surface area contributed by atoms with Gasteiger partial charge in [-0.1, -0.05) is 51.1 Å². The summed E-state index contributed by atoms with van der Waals surface area (Å²) in [5.74, 6) is 0.612. The molecule has 0 radical (unpaired) electrons. The minimum Gasteiger partial charge on any atom is -0.345 e. The third-order valence-electron chi connectivity index (χ3n) is 4.91. The van der Waals surface area contributed by atoms with Gasteiger partial charge in [-0.25, -0.2) is 4.98 Å². The fourth-order valence-corrected chi connectivity index (χ4v) is 3.41. The Morgan fingerprint density at radius 1 is 1.26 bits per heavy atom. The molecule has 2 unspecified atom stereocenters. The predicted octanol–water partition coefficient (Wildman–Crippen LogP) is 3.29. The molecule has 2 atom stereocenters. The second-order valence-corrected chi connectivity index (χ2v) is 8.18. The maximum absolute atomic E-state index is 12.8. The molecule has 0 aliphatic carbocycles. The molecular weight excluding hydrogens is 340 g/mol. The first-order valence-corrected chi connectivity index (χ1v) is 9.49. The molecule has 1 aromatic carbocycles. The Kier molecular flexibility index (Phi) is 5.35. The summed E-state index contributed by atoms with van der Waals surface area (Å²) >= 11 is 0. The lowest BCUT2D eigenvalue weighted by molar-refractivity contribution is -0.144. The highest BCUT2D eigenvalue weighted by Crippen LogP contribution is 2.26. The van der Waals surface area contributed by atoms with Gasteiger partial charge in [-0.3, -0.25) is 9.59 Å². The first-order chi connectivity index (χ1) is 12.8. The fourth-order valence-electron chi connectivity index (χ4n) is 3.41. The van der Waals surface area contributed by atoms with Gasteiger partial charge in [0.2, 0.25) is 11.8 Å². The monoisotopic (exact) mass is 368 g/mol. The zero-order valence-electron chi connectivity index (χ0n) is 16.5. The van der Waals surface area contributed by atoms with Crippen molar-refractivity contribution in [2.45, 2.75) is 52.6 Å². The van der Waals surface area contributed by atoms with Gasteiger partial charge >= 0.3 is 0 Å². The van der Waals surface area contributed by atoms with Crippen LogP contribution in [-0.4, -0.2) is 39.3 Å². The smallest absolute Gasteiger partial charge is 0.243 e. The van der Waals surface area contributed by atoms with Crippen molar-refractivity contribution in [2.75, 3.05) is 6.54 Å². The minimum absolute atomic E-state index is 0.0252. The van der Waals surface area contributed by atoms with E-state index in [0.717, 1.165) is 17.7 Å². The molecule has 1 saturated heterocycles. The highest BCUT2D eigenvalue weighted by molar-refractivity contribution is 5.90. The molecule has 2 N–H and O–H groups in total.